The van der Waals surface area contributed by atoms with Crippen LogP contribution in [0.5, 0.6) is 0 Å². The second-order valence-electron chi connectivity index (χ2n) is 5.11. The third-order valence-corrected chi connectivity index (χ3v) is 3.58. The summed E-state index contributed by atoms with van der Waals surface area (Å²) < 4.78 is 66.1. The highest BCUT2D eigenvalue weighted by Crippen LogP contribution is 2.39. The second kappa shape index (κ2) is 5.64. The molecular formula is C16H11F5N2. The summed E-state index contributed by atoms with van der Waals surface area (Å²) in [7, 11) is 0. The van der Waals surface area contributed by atoms with Crippen LogP contribution in [0.25, 0.3) is 0 Å². The van der Waals surface area contributed by atoms with Crippen LogP contribution in [0.15, 0.2) is 53.6 Å². The first-order valence-electron chi connectivity index (χ1n) is 6.80. The summed E-state index contributed by atoms with van der Waals surface area (Å²) in [6, 6.07) is 10.0. The molecule has 1 heterocycles. The molecular weight excluding hydrogens is 315 g/mol. The van der Waals surface area contributed by atoms with Gasteiger partial charge in [-0.1, -0.05) is 24.3 Å². The molecule has 2 nitrogen and oxygen atoms in total. The monoisotopic (exact) mass is 326 g/mol. The van der Waals surface area contributed by atoms with E-state index in [4.69, 9.17) is 0 Å². The highest BCUT2D eigenvalue weighted by molar-refractivity contribution is 5.93. The number of hydrogen-bond acceptors (Lipinski definition) is 2. The maximum Gasteiger partial charge on any atom is 0.431 e. The number of halogens is 5. The van der Waals surface area contributed by atoms with Crippen LogP contribution in [0.2, 0.25) is 0 Å². The number of nitrogens with zero attached hydrogens (tertiary/aromatic N) is 2. The van der Waals surface area contributed by atoms with Crippen molar-refractivity contribution >= 4 is 11.4 Å². The molecule has 0 radical (unpaired) electrons. The van der Waals surface area contributed by atoms with Gasteiger partial charge >= 0.3 is 6.18 Å². The zero-order valence-corrected chi connectivity index (χ0v) is 11.7. The molecule has 1 unspecified atom stereocenters. The van der Waals surface area contributed by atoms with E-state index in [1.807, 2.05) is 0 Å². The third kappa shape index (κ3) is 3.04. The molecule has 0 spiro atoms. The number of benzene rings is 2. The van der Waals surface area contributed by atoms with Gasteiger partial charge in [-0.05, 0) is 18.2 Å². The molecule has 1 aliphatic rings. The number of anilines is 1. The zero-order chi connectivity index (χ0) is 16.6. The van der Waals surface area contributed by atoms with Crippen LogP contribution in [0.3, 0.4) is 0 Å². The molecule has 0 fully saturated rings. The lowest BCUT2D eigenvalue weighted by atomic mass is 10.0. The number of rotatable bonds is 2. The van der Waals surface area contributed by atoms with Gasteiger partial charge in [-0.25, -0.2) is 8.78 Å². The molecule has 0 bridgehead atoms. The largest absolute Gasteiger partial charge is 0.431 e. The molecule has 3 rings (SSSR count). The van der Waals surface area contributed by atoms with Gasteiger partial charge in [0.15, 0.2) is 0 Å². The molecule has 2 aromatic carbocycles. The van der Waals surface area contributed by atoms with Crippen molar-refractivity contribution in [3.05, 3.63) is 65.7 Å². The van der Waals surface area contributed by atoms with Gasteiger partial charge in [-0.3, -0.25) is 5.01 Å². The fraction of sp³-hybridized carbons (Fsp3) is 0.188. The Hall–Kier alpha value is -2.44. The van der Waals surface area contributed by atoms with E-state index in [0.717, 1.165) is 17.1 Å². The summed E-state index contributed by atoms with van der Waals surface area (Å²) in [6.07, 6.45) is -5.10. The molecule has 23 heavy (non-hydrogen) atoms. The smallest absolute Gasteiger partial charge is 0.257 e. The summed E-state index contributed by atoms with van der Waals surface area (Å²) in [4.78, 5) is 0. The molecule has 0 aromatic heterocycles. The Morgan fingerprint density at radius 3 is 2.30 bits per heavy atom. The Bertz CT molecular complexity index is 740. The minimum absolute atomic E-state index is 0.0294. The van der Waals surface area contributed by atoms with Gasteiger partial charge in [0.05, 0.1) is 11.7 Å². The topological polar surface area (TPSA) is 15.6 Å². The zero-order valence-electron chi connectivity index (χ0n) is 11.7. The molecule has 0 saturated carbocycles. The van der Waals surface area contributed by atoms with Crippen molar-refractivity contribution < 1.29 is 22.0 Å². The Morgan fingerprint density at radius 1 is 1.00 bits per heavy atom. The van der Waals surface area contributed by atoms with Crippen molar-refractivity contribution in [2.24, 2.45) is 5.10 Å². The maximum absolute atomic E-state index is 14.0. The third-order valence-electron chi connectivity index (χ3n) is 3.58. The highest BCUT2D eigenvalue weighted by atomic mass is 19.4. The number of alkyl halides is 3. The summed E-state index contributed by atoms with van der Waals surface area (Å²) >= 11 is 0. The Morgan fingerprint density at radius 2 is 1.70 bits per heavy atom. The van der Waals surface area contributed by atoms with E-state index in [2.05, 4.69) is 5.10 Å². The van der Waals surface area contributed by atoms with Crippen LogP contribution >= 0.6 is 0 Å². The number of hydrogen-bond donors (Lipinski definition) is 0. The second-order valence-corrected chi connectivity index (χ2v) is 5.11. The van der Waals surface area contributed by atoms with Crippen LogP contribution in [-0.2, 0) is 0 Å². The van der Waals surface area contributed by atoms with E-state index < -0.39 is 36.0 Å². The van der Waals surface area contributed by atoms with Crippen molar-refractivity contribution in [3.63, 3.8) is 0 Å². The Labute approximate surface area is 128 Å². The normalized spacial score (nSPS) is 18.2. The Kier molecular flexibility index (Phi) is 3.79. The van der Waals surface area contributed by atoms with Crippen molar-refractivity contribution in [2.75, 3.05) is 5.01 Å². The van der Waals surface area contributed by atoms with E-state index in [1.165, 1.54) is 0 Å². The van der Waals surface area contributed by atoms with Gasteiger partial charge < -0.3 is 0 Å². The lowest BCUT2D eigenvalue weighted by Gasteiger charge is -2.24. The molecule has 0 N–H and O–H groups in total. The van der Waals surface area contributed by atoms with Crippen molar-refractivity contribution in [3.8, 4) is 0 Å². The highest BCUT2D eigenvalue weighted by Gasteiger charge is 2.44. The molecule has 2 aromatic rings. The average molecular weight is 326 g/mol. The molecule has 0 saturated heterocycles. The molecule has 7 heteroatoms. The fourth-order valence-electron chi connectivity index (χ4n) is 2.51. The van der Waals surface area contributed by atoms with Crippen molar-refractivity contribution in [2.45, 2.75) is 18.6 Å². The summed E-state index contributed by atoms with van der Waals surface area (Å²) in [6.45, 7) is 0. The van der Waals surface area contributed by atoms with Gasteiger partial charge in [0.25, 0.3) is 0 Å². The standard InChI is InChI=1S/C16H11F5N2/c17-10-6-7-12(13(18)8-10)14-9-15(16(19,20)21)22-23(14)11-4-2-1-3-5-11/h1-8,14H,9H2. The number of hydrazone groups is 1. The van der Waals surface area contributed by atoms with E-state index in [-0.39, 0.29) is 5.56 Å². The SMILES string of the molecule is Fc1ccc(C2CC(C(F)(F)F)=NN2c2ccccc2)c(F)c1. The van der Waals surface area contributed by atoms with Gasteiger partial charge in [0, 0.05) is 18.1 Å². The Balaban J connectivity index is 2.05. The van der Waals surface area contributed by atoms with Gasteiger partial charge in [-0.15, -0.1) is 0 Å². The van der Waals surface area contributed by atoms with Crippen molar-refractivity contribution in [1.82, 2.24) is 0 Å². The van der Waals surface area contributed by atoms with E-state index in [1.54, 1.807) is 30.3 Å². The quantitative estimate of drug-likeness (QED) is 0.722. The van der Waals surface area contributed by atoms with Crippen LogP contribution in [0.4, 0.5) is 27.6 Å². The summed E-state index contributed by atoms with van der Waals surface area (Å²) in [5.41, 5.74) is -0.617. The molecule has 120 valence electrons. The lowest BCUT2D eigenvalue weighted by molar-refractivity contribution is -0.0600. The van der Waals surface area contributed by atoms with Gasteiger partial charge in [0.1, 0.15) is 17.3 Å². The average Bonchev–Trinajstić information content (AvgIpc) is 2.93. The minimum atomic E-state index is -4.60. The van der Waals surface area contributed by atoms with E-state index in [9.17, 15) is 22.0 Å². The van der Waals surface area contributed by atoms with Crippen LogP contribution in [0, 0.1) is 11.6 Å². The van der Waals surface area contributed by atoms with Gasteiger partial charge in [0.2, 0.25) is 0 Å². The molecule has 1 atom stereocenters. The van der Waals surface area contributed by atoms with E-state index in [0.29, 0.717) is 11.8 Å². The predicted octanol–water partition coefficient (Wildman–Crippen LogP) is 4.83. The predicted molar refractivity (Wildman–Crippen MR) is 76.1 cm³/mol. The first-order valence-corrected chi connectivity index (χ1v) is 6.80. The maximum atomic E-state index is 14.0. The first-order chi connectivity index (χ1) is 10.9. The fourth-order valence-corrected chi connectivity index (χ4v) is 2.51. The molecule has 0 amide bonds. The number of para-hydroxylation sites is 1. The van der Waals surface area contributed by atoms with Crippen LogP contribution < -0.4 is 5.01 Å². The van der Waals surface area contributed by atoms with E-state index >= 15 is 0 Å². The summed E-state index contributed by atoms with van der Waals surface area (Å²) in [5, 5.41) is 4.74. The summed E-state index contributed by atoms with van der Waals surface area (Å²) in [5.74, 6) is -1.68. The minimum Gasteiger partial charge on any atom is -0.257 e. The first kappa shape index (κ1) is 15.5. The van der Waals surface area contributed by atoms with Gasteiger partial charge in [-0.2, -0.15) is 18.3 Å². The lowest BCUT2D eigenvalue weighted by Crippen LogP contribution is -2.22. The van der Waals surface area contributed by atoms with Crippen LogP contribution in [-0.4, -0.2) is 11.9 Å². The molecule has 0 aliphatic carbocycles. The van der Waals surface area contributed by atoms with Crippen LogP contribution in [0.1, 0.15) is 18.0 Å². The van der Waals surface area contributed by atoms with Crippen molar-refractivity contribution in [1.29, 1.82) is 0 Å². The molecule has 1 aliphatic heterocycles.